The van der Waals surface area contributed by atoms with Crippen molar-refractivity contribution in [3.63, 3.8) is 0 Å². The van der Waals surface area contributed by atoms with Gasteiger partial charge in [-0.25, -0.2) is 4.57 Å². The number of aliphatic hydroxyl groups is 1. The van der Waals surface area contributed by atoms with Crippen LogP contribution in [-0.2, 0) is 18.4 Å². The second-order valence-corrected chi connectivity index (χ2v) is 25.6. The number of unbranched alkanes of at least 4 members (excludes halogenated alkanes) is 25. The number of phosphoric acid groups is 1. The number of carbonyl (C=O) groups is 1. The molecule has 0 saturated carbocycles. The molecule has 0 bridgehead atoms. The van der Waals surface area contributed by atoms with Gasteiger partial charge in [-0.1, -0.05) is 307 Å². The summed E-state index contributed by atoms with van der Waals surface area (Å²) in [7, 11) is 1.53. The van der Waals surface area contributed by atoms with Gasteiger partial charge in [0.25, 0.3) is 0 Å². The van der Waals surface area contributed by atoms with Gasteiger partial charge in [0.05, 0.1) is 39.9 Å². The van der Waals surface area contributed by atoms with E-state index in [1.54, 1.807) is 6.08 Å². The maximum Gasteiger partial charge on any atom is 0.472 e. The summed E-state index contributed by atoms with van der Waals surface area (Å²) in [6, 6.07) is -0.882. The molecule has 0 aromatic carbocycles. The highest BCUT2D eigenvalue weighted by molar-refractivity contribution is 7.47. The Morgan fingerprint density at radius 2 is 0.709 bits per heavy atom. The summed E-state index contributed by atoms with van der Waals surface area (Å²) in [5.41, 5.74) is 0. The number of hydrogen-bond acceptors (Lipinski definition) is 5. The zero-order chi connectivity index (χ0) is 62.6. The van der Waals surface area contributed by atoms with Crippen LogP contribution < -0.4 is 5.32 Å². The van der Waals surface area contributed by atoms with Gasteiger partial charge < -0.3 is 19.8 Å². The number of aliphatic hydroxyl groups excluding tert-OH is 1. The standard InChI is InChI=1S/C77H131N2O6P/c1-6-8-10-12-14-16-18-20-22-24-26-28-30-31-32-33-34-35-36-37-38-39-40-41-42-43-44-45-46-47-49-51-53-55-57-59-61-63-65-67-69-71-77(81)78-75(74-85-86(82,83)84-73-72-79(3,4)5)76(80)70-68-66-64-62-60-58-56-54-52-50-48-29-27-25-23-21-19-17-15-13-11-9-7-2/h8,10,14,16,20,22,26,28,31-32,34-35,37-38,40-41,43-44,46-47,51,53,60,62,68,70,75-76,80H,6-7,9,11-13,15,17-19,21,23-25,27,29-30,33,36,39,42,45,48-50,52,54-59,61,63-67,69,71-74H2,1-5H3,(H-,78,81,82,83)/p+1/b10-8-,16-14-,22-20-,28-26-,32-31-,35-34-,38-37-,41-40-,44-43-,47-46-,53-51-,62-60+,70-68+. The molecule has 9 heteroatoms. The van der Waals surface area contributed by atoms with E-state index in [9.17, 15) is 19.4 Å². The highest BCUT2D eigenvalue weighted by Gasteiger charge is 2.28. The molecule has 3 atom stereocenters. The van der Waals surface area contributed by atoms with Gasteiger partial charge in [-0.15, -0.1) is 0 Å². The topological polar surface area (TPSA) is 105 Å². The van der Waals surface area contributed by atoms with E-state index in [0.29, 0.717) is 17.4 Å². The average molecular weight is 1210 g/mol. The van der Waals surface area contributed by atoms with Crippen molar-refractivity contribution in [2.24, 2.45) is 0 Å². The number of nitrogens with one attached hydrogen (secondary N) is 1. The van der Waals surface area contributed by atoms with E-state index < -0.39 is 20.0 Å². The second kappa shape index (κ2) is 65.6. The molecule has 0 aromatic heterocycles. The van der Waals surface area contributed by atoms with Crippen molar-refractivity contribution in [2.75, 3.05) is 40.9 Å². The van der Waals surface area contributed by atoms with Gasteiger partial charge in [-0.05, 0) is 116 Å². The number of quaternary nitrogens is 1. The van der Waals surface area contributed by atoms with Crippen molar-refractivity contribution >= 4 is 13.7 Å². The molecule has 0 aliphatic heterocycles. The average Bonchev–Trinajstić information content (AvgIpc) is 3.70. The molecule has 1 amide bonds. The van der Waals surface area contributed by atoms with E-state index in [1.807, 2.05) is 27.2 Å². The maximum atomic E-state index is 13.0. The quantitative estimate of drug-likeness (QED) is 0.0243. The van der Waals surface area contributed by atoms with Gasteiger partial charge >= 0.3 is 7.82 Å². The lowest BCUT2D eigenvalue weighted by atomic mass is 10.0. The van der Waals surface area contributed by atoms with Crippen LogP contribution in [0, 0.1) is 0 Å². The minimum atomic E-state index is -4.38. The number of likely N-dealkylation sites (N-methyl/N-ethyl adjacent to an activating group) is 1. The van der Waals surface area contributed by atoms with Crippen LogP contribution in [0.3, 0.4) is 0 Å². The predicted molar refractivity (Wildman–Crippen MR) is 377 cm³/mol. The van der Waals surface area contributed by atoms with Crippen molar-refractivity contribution < 1.29 is 32.9 Å². The minimum absolute atomic E-state index is 0.0462. The summed E-state index contributed by atoms with van der Waals surface area (Å²) >= 11 is 0. The van der Waals surface area contributed by atoms with E-state index in [1.165, 1.54) is 128 Å². The normalized spacial score (nSPS) is 14.6. The molecule has 0 saturated heterocycles. The lowest BCUT2D eigenvalue weighted by molar-refractivity contribution is -0.870. The first kappa shape index (κ1) is 82.1. The lowest BCUT2D eigenvalue weighted by Crippen LogP contribution is -2.45. The molecule has 0 spiro atoms. The highest BCUT2D eigenvalue weighted by atomic mass is 31.2. The van der Waals surface area contributed by atoms with E-state index in [0.717, 1.165) is 122 Å². The summed E-state index contributed by atoms with van der Waals surface area (Å²) in [5.74, 6) is -0.202. The van der Waals surface area contributed by atoms with Crippen LogP contribution in [0.15, 0.2) is 158 Å². The molecule has 0 aliphatic rings. The zero-order valence-electron chi connectivity index (χ0n) is 56.0. The van der Waals surface area contributed by atoms with Crippen LogP contribution in [0.2, 0.25) is 0 Å². The van der Waals surface area contributed by atoms with Gasteiger partial charge in [-0.2, -0.15) is 0 Å². The molecule has 86 heavy (non-hydrogen) atoms. The number of allylic oxidation sites excluding steroid dienone is 25. The van der Waals surface area contributed by atoms with Gasteiger partial charge in [0.1, 0.15) is 13.2 Å². The maximum absolute atomic E-state index is 13.0. The van der Waals surface area contributed by atoms with Crippen LogP contribution in [0.25, 0.3) is 0 Å². The summed E-state index contributed by atoms with van der Waals surface area (Å²) < 4.78 is 23.8. The third-order valence-electron chi connectivity index (χ3n) is 14.7. The largest absolute Gasteiger partial charge is 0.472 e. The fourth-order valence-corrected chi connectivity index (χ4v) is 10.1. The van der Waals surface area contributed by atoms with Crippen LogP contribution >= 0.6 is 7.82 Å². The van der Waals surface area contributed by atoms with Crippen molar-refractivity contribution in [1.82, 2.24) is 5.32 Å². The predicted octanol–water partition coefficient (Wildman–Crippen LogP) is 22.5. The van der Waals surface area contributed by atoms with Gasteiger partial charge in [0.2, 0.25) is 5.91 Å². The molecule has 8 nitrogen and oxygen atoms in total. The molecular weight excluding hydrogens is 1080 g/mol. The zero-order valence-corrected chi connectivity index (χ0v) is 56.9. The summed E-state index contributed by atoms with van der Waals surface area (Å²) in [6.07, 6.45) is 102. The number of nitrogens with zero attached hydrogens (tertiary/aromatic N) is 1. The van der Waals surface area contributed by atoms with Gasteiger partial charge in [-0.3, -0.25) is 13.8 Å². The molecule has 0 aromatic rings. The molecule has 0 fully saturated rings. The SMILES string of the molecule is CC/C=C\C/C=C\C/C=C\C/C=C\C/C=C\C/C=C\C/C=C\C/C=C\C/C=C\C/C=C\C/C=C\CCCCCCCCCC(=O)NC(COP(=O)(O)OCC[N+](C)(C)C)C(O)/C=C/CC/C=C/CCCCCCCCCCCCCCCCCCC. The number of amides is 1. The Bertz CT molecular complexity index is 1960. The number of carbonyl (C=O) groups excluding carboxylic acids is 1. The van der Waals surface area contributed by atoms with E-state index in [4.69, 9.17) is 9.05 Å². The Balaban J connectivity index is 4.19. The first-order chi connectivity index (χ1) is 42.0. The minimum Gasteiger partial charge on any atom is -0.387 e. The Kier molecular flexibility index (Phi) is 62.6. The smallest absolute Gasteiger partial charge is 0.387 e. The summed E-state index contributed by atoms with van der Waals surface area (Å²) in [6.45, 7) is 4.68. The molecule has 0 rings (SSSR count). The molecule has 0 radical (unpaired) electrons. The number of rotatable bonds is 62. The van der Waals surface area contributed by atoms with Crippen molar-refractivity contribution in [1.29, 1.82) is 0 Å². The van der Waals surface area contributed by atoms with Crippen LogP contribution in [0.4, 0.5) is 0 Å². The van der Waals surface area contributed by atoms with Gasteiger partial charge in [0, 0.05) is 6.42 Å². The third-order valence-corrected chi connectivity index (χ3v) is 15.7. The first-order valence-corrected chi connectivity index (χ1v) is 36.4. The molecule has 3 unspecified atom stereocenters. The molecule has 0 aliphatic carbocycles. The molecule has 0 heterocycles. The van der Waals surface area contributed by atoms with Gasteiger partial charge in [0.15, 0.2) is 0 Å². The fourth-order valence-electron chi connectivity index (χ4n) is 9.36. The number of hydrogen-bond donors (Lipinski definition) is 3. The monoisotopic (exact) mass is 1210 g/mol. The van der Waals surface area contributed by atoms with Crippen molar-refractivity contribution in [3.8, 4) is 0 Å². The summed E-state index contributed by atoms with van der Waals surface area (Å²) in [4.78, 5) is 23.4. The molecule has 3 N–H and O–H groups in total. The van der Waals surface area contributed by atoms with E-state index in [-0.39, 0.29) is 19.1 Å². The fraction of sp³-hybridized carbons (Fsp3) is 0.649. The Morgan fingerprint density at radius 1 is 0.407 bits per heavy atom. The highest BCUT2D eigenvalue weighted by Crippen LogP contribution is 2.43. The van der Waals surface area contributed by atoms with E-state index in [2.05, 4.69) is 165 Å². The van der Waals surface area contributed by atoms with Crippen molar-refractivity contribution in [3.05, 3.63) is 158 Å². The van der Waals surface area contributed by atoms with Crippen LogP contribution in [0.1, 0.15) is 271 Å². The van der Waals surface area contributed by atoms with Crippen molar-refractivity contribution in [2.45, 2.75) is 283 Å². The first-order valence-electron chi connectivity index (χ1n) is 34.9. The number of phosphoric ester groups is 1. The Morgan fingerprint density at radius 3 is 1.07 bits per heavy atom. The summed E-state index contributed by atoms with van der Waals surface area (Å²) in [5, 5.41) is 14.0. The Labute approximate surface area is 531 Å². The third kappa shape index (κ3) is 67.6. The van der Waals surface area contributed by atoms with Crippen LogP contribution in [-0.4, -0.2) is 73.4 Å². The van der Waals surface area contributed by atoms with Crippen LogP contribution in [0.5, 0.6) is 0 Å². The van der Waals surface area contributed by atoms with E-state index >= 15 is 0 Å². The Hall–Kier alpha value is -3.88. The molecular formula is C77H132N2O6P+. The molecule has 490 valence electrons. The lowest BCUT2D eigenvalue weighted by Gasteiger charge is -2.25. The second-order valence-electron chi connectivity index (χ2n) is 24.2.